The largest absolute Gasteiger partial charge is 0.397 e. The van der Waals surface area contributed by atoms with Gasteiger partial charge in [0.15, 0.2) is 0 Å². The van der Waals surface area contributed by atoms with Crippen LogP contribution < -0.4 is 16.4 Å². The molecule has 0 bridgehead atoms. The van der Waals surface area contributed by atoms with Crippen LogP contribution in [0, 0.1) is 0 Å². The van der Waals surface area contributed by atoms with Gasteiger partial charge in [0.1, 0.15) is 0 Å². The number of nitrogen functional groups attached to an aromatic ring is 1. The van der Waals surface area contributed by atoms with E-state index in [1.807, 2.05) is 6.07 Å². The maximum Gasteiger partial charge on any atom is 0.251 e. The highest BCUT2D eigenvalue weighted by molar-refractivity contribution is 9.10. The summed E-state index contributed by atoms with van der Waals surface area (Å²) >= 11 is 9.40. The van der Waals surface area contributed by atoms with E-state index in [-0.39, 0.29) is 5.91 Å². The Morgan fingerprint density at radius 1 is 1.20 bits per heavy atom. The third-order valence-corrected chi connectivity index (χ3v) is 3.67. The van der Waals surface area contributed by atoms with E-state index in [0.717, 1.165) is 10.2 Å². The molecule has 0 radical (unpaired) electrons. The maximum atomic E-state index is 11.5. The van der Waals surface area contributed by atoms with Crippen LogP contribution in [-0.2, 0) is 0 Å². The minimum absolute atomic E-state index is 0.174. The first-order valence-electron chi connectivity index (χ1n) is 5.85. The van der Waals surface area contributed by atoms with Gasteiger partial charge in [0, 0.05) is 22.1 Å². The van der Waals surface area contributed by atoms with Gasteiger partial charge >= 0.3 is 0 Å². The summed E-state index contributed by atoms with van der Waals surface area (Å²) in [6.45, 7) is 0. The van der Waals surface area contributed by atoms with Gasteiger partial charge in [0.25, 0.3) is 5.91 Å². The fourth-order valence-corrected chi connectivity index (χ4v) is 2.22. The summed E-state index contributed by atoms with van der Waals surface area (Å²) in [5, 5.41) is 6.35. The smallest absolute Gasteiger partial charge is 0.251 e. The molecule has 0 aliphatic rings. The van der Waals surface area contributed by atoms with Gasteiger partial charge < -0.3 is 16.4 Å². The topological polar surface area (TPSA) is 67.2 Å². The Balaban J connectivity index is 2.30. The normalized spacial score (nSPS) is 10.2. The van der Waals surface area contributed by atoms with Crippen LogP contribution in [0.2, 0.25) is 5.02 Å². The monoisotopic (exact) mass is 353 g/mol. The van der Waals surface area contributed by atoms with Crippen molar-refractivity contribution in [2.45, 2.75) is 0 Å². The van der Waals surface area contributed by atoms with Crippen molar-refractivity contribution in [1.29, 1.82) is 0 Å². The van der Waals surface area contributed by atoms with E-state index in [4.69, 9.17) is 17.3 Å². The first kappa shape index (κ1) is 14.7. The summed E-state index contributed by atoms with van der Waals surface area (Å²) < 4.78 is 0.872. The quantitative estimate of drug-likeness (QED) is 0.735. The van der Waals surface area contributed by atoms with Gasteiger partial charge in [0.05, 0.1) is 17.1 Å². The molecule has 2 rings (SSSR count). The Kier molecular flexibility index (Phi) is 4.52. The first-order chi connectivity index (χ1) is 9.51. The van der Waals surface area contributed by atoms with E-state index in [0.29, 0.717) is 22.0 Å². The minimum Gasteiger partial charge on any atom is -0.397 e. The molecule has 2 aromatic rings. The average molecular weight is 355 g/mol. The first-order valence-corrected chi connectivity index (χ1v) is 7.02. The Hall–Kier alpha value is -1.72. The lowest BCUT2D eigenvalue weighted by Crippen LogP contribution is -2.17. The molecule has 20 heavy (non-hydrogen) atoms. The molecular formula is C14H13BrClN3O. The van der Waals surface area contributed by atoms with E-state index in [9.17, 15) is 4.79 Å². The van der Waals surface area contributed by atoms with Crippen molar-refractivity contribution in [2.75, 3.05) is 18.1 Å². The summed E-state index contributed by atoms with van der Waals surface area (Å²) in [5.74, 6) is -0.174. The molecule has 0 saturated heterocycles. The van der Waals surface area contributed by atoms with Crippen LogP contribution in [0.4, 0.5) is 17.1 Å². The third-order valence-electron chi connectivity index (χ3n) is 2.74. The van der Waals surface area contributed by atoms with E-state index in [1.165, 1.54) is 0 Å². The lowest BCUT2D eigenvalue weighted by molar-refractivity contribution is 0.0963. The molecule has 6 heteroatoms. The molecule has 4 N–H and O–H groups in total. The number of halogens is 2. The number of benzene rings is 2. The predicted molar refractivity (Wildman–Crippen MR) is 86.7 cm³/mol. The molecule has 104 valence electrons. The summed E-state index contributed by atoms with van der Waals surface area (Å²) in [6.07, 6.45) is 0. The molecule has 0 saturated carbocycles. The molecule has 0 spiro atoms. The number of nitrogens with two attached hydrogens (primary N) is 1. The van der Waals surface area contributed by atoms with Crippen LogP contribution in [0.1, 0.15) is 10.4 Å². The summed E-state index contributed by atoms with van der Waals surface area (Å²) in [4.78, 5) is 11.5. The highest BCUT2D eigenvalue weighted by atomic mass is 79.9. The molecule has 0 heterocycles. The molecule has 0 aliphatic carbocycles. The third kappa shape index (κ3) is 3.23. The van der Waals surface area contributed by atoms with Gasteiger partial charge in [-0.3, -0.25) is 4.79 Å². The second-order valence-corrected chi connectivity index (χ2v) is 5.42. The predicted octanol–water partition coefficient (Wildman–Crippen LogP) is 3.79. The number of rotatable bonds is 3. The van der Waals surface area contributed by atoms with Crippen molar-refractivity contribution in [2.24, 2.45) is 0 Å². The SMILES string of the molecule is CNC(=O)c1ccc(Nc2cc(Cl)ccc2Br)c(N)c1. The maximum absolute atomic E-state index is 11.5. The lowest BCUT2D eigenvalue weighted by atomic mass is 10.1. The van der Waals surface area contributed by atoms with Crippen LogP contribution in [0.15, 0.2) is 40.9 Å². The second-order valence-electron chi connectivity index (χ2n) is 4.13. The zero-order valence-corrected chi connectivity index (χ0v) is 13.0. The summed E-state index contributed by atoms with van der Waals surface area (Å²) in [6, 6.07) is 10.5. The Morgan fingerprint density at radius 2 is 1.95 bits per heavy atom. The molecule has 0 atom stereocenters. The van der Waals surface area contributed by atoms with Crippen molar-refractivity contribution in [1.82, 2.24) is 5.32 Å². The summed E-state index contributed by atoms with van der Waals surface area (Å²) in [7, 11) is 1.58. The van der Waals surface area contributed by atoms with Crippen LogP contribution in [0.25, 0.3) is 0 Å². The zero-order chi connectivity index (χ0) is 14.7. The number of hydrogen-bond donors (Lipinski definition) is 3. The van der Waals surface area contributed by atoms with Gasteiger partial charge in [-0.15, -0.1) is 0 Å². The molecular weight excluding hydrogens is 342 g/mol. The van der Waals surface area contributed by atoms with Gasteiger partial charge in [-0.05, 0) is 52.3 Å². The Labute approximate surface area is 130 Å². The fourth-order valence-electron chi connectivity index (χ4n) is 1.70. The Bertz CT molecular complexity index is 661. The van der Waals surface area contributed by atoms with E-state index < -0.39 is 0 Å². The number of carbonyl (C=O) groups is 1. The van der Waals surface area contributed by atoms with E-state index >= 15 is 0 Å². The van der Waals surface area contributed by atoms with Gasteiger partial charge in [-0.2, -0.15) is 0 Å². The lowest BCUT2D eigenvalue weighted by Gasteiger charge is -2.12. The van der Waals surface area contributed by atoms with Crippen LogP contribution >= 0.6 is 27.5 Å². The van der Waals surface area contributed by atoms with Crippen molar-refractivity contribution < 1.29 is 4.79 Å². The molecule has 1 amide bonds. The number of nitrogens with one attached hydrogen (secondary N) is 2. The molecule has 2 aromatic carbocycles. The minimum atomic E-state index is -0.174. The fraction of sp³-hybridized carbons (Fsp3) is 0.0714. The summed E-state index contributed by atoms with van der Waals surface area (Å²) in [5.41, 5.74) is 8.47. The molecule has 0 unspecified atom stereocenters. The van der Waals surface area contributed by atoms with Gasteiger partial charge in [0.2, 0.25) is 0 Å². The average Bonchev–Trinajstić information content (AvgIpc) is 2.44. The molecule has 0 aromatic heterocycles. The highest BCUT2D eigenvalue weighted by Gasteiger charge is 2.08. The zero-order valence-electron chi connectivity index (χ0n) is 10.7. The van der Waals surface area contributed by atoms with Crippen molar-refractivity contribution in [3.8, 4) is 0 Å². The molecule has 0 fully saturated rings. The van der Waals surface area contributed by atoms with Gasteiger partial charge in [-0.1, -0.05) is 11.6 Å². The van der Waals surface area contributed by atoms with Crippen molar-refractivity contribution in [3.05, 3.63) is 51.5 Å². The van der Waals surface area contributed by atoms with Crippen molar-refractivity contribution in [3.63, 3.8) is 0 Å². The Morgan fingerprint density at radius 3 is 2.60 bits per heavy atom. The number of hydrogen-bond acceptors (Lipinski definition) is 3. The van der Waals surface area contributed by atoms with E-state index in [2.05, 4.69) is 26.6 Å². The van der Waals surface area contributed by atoms with Crippen LogP contribution in [-0.4, -0.2) is 13.0 Å². The molecule has 4 nitrogen and oxygen atoms in total. The van der Waals surface area contributed by atoms with Gasteiger partial charge in [-0.25, -0.2) is 0 Å². The van der Waals surface area contributed by atoms with Crippen LogP contribution in [0.5, 0.6) is 0 Å². The number of anilines is 3. The number of amides is 1. The number of carbonyl (C=O) groups excluding carboxylic acids is 1. The molecule has 0 aliphatic heterocycles. The highest BCUT2D eigenvalue weighted by Crippen LogP contribution is 2.31. The standard InChI is InChI=1S/C14H13BrClN3O/c1-18-14(20)8-2-5-12(11(17)6-8)19-13-7-9(16)3-4-10(13)15/h2-7,19H,17H2,1H3,(H,18,20). The van der Waals surface area contributed by atoms with Crippen molar-refractivity contribution >= 4 is 50.5 Å². The van der Waals surface area contributed by atoms with E-state index in [1.54, 1.807) is 37.4 Å². The second kappa shape index (κ2) is 6.15. The van der Waals surface area contributed by atoms with Crippen LogP contribution in [0.3, 0.4) is 0 Å².